The average molecular weight is 417 g/mol. The minimum Gasteiger partial charge on any atom is -0.478 e. The molecule has 0 aliphatic carbocycles. The van der Waals surface area contributed by atoms with E-state index in [1.165, 1.54) is 30.1 Å². The van der Waals surface area contributed by atoms with Gasteiger partial charge in [-0.3, -0.25) is 19.6 Å². The summed E-state index contributed by atoms with van der Waals surface area (Å²) in [6.45, 7) is 0. The zero-order valence-corrected chi connectivity index (χ0v) is 15.6. The molecule has 2 aromatic carbocycles. The van der Waals surface area contributed by atoms with Crippen molar-refractivity contribution >= 4 is 34.9 Å². The molecule has 0 aliphatic heterocycles. The third-order valence-electron chi connectivity index (χ3n) is 3.68. The quantitative estimate of drug-likeness (QED) is 0.461. The number of non-ortho nitro benzene ring substituents is 1. The number of ether oxygens (including phenoxy) is 1. The van der Waals surface area contributed by atoms with E-state index in [0.717, 1.165) is 6.07 Å². The second-order valence-corrected chi connectivity index (χ2v) is 6.29. The number of rotatable bonds is 6. The predicted octanol–water partition coefficient (Wildman–Crippen LogP) is 3.72. The SMILES string of the molecule is Cn1cc(C(=O)O)c(C(=O)Nc2cc(Oc3ccc(Cl)cc3)cc([N+](=O)[O-])c2)n1. The first-order valence-electron chi connectivity index (χ1n) is 8.04. The van der Waals surface area contributed by atoms with Gasteiger partial charge in [-0.2, -0.15) is 5.10 Å². The van der Waals surface area contributed by atoms with Crippen molar-refractivity contribution < 1.29 is 24.4 Å². The largest absolute Gasteiger partial charge is 0.478 e. The van der Waals surface area contributed by atoms with Gasteiger partial charge in [0.05, 0.1) is 16.7 Å². The van der Waals surface area contributed by atoms with E-state index in [4.69, 9.17) is 16.3 Å². The Bertz CT molecular complexity index is 1110. The molecule has 1 heterocycles. The zero-order chi connectivity index (χ0) is 21.1. The number of aryl methyl sites for hydroxylation is 1. The molecule has 3 rings (SSSR count). The number of carboxylic acids is 1. The number of hydrogen-bond acceptors (Lipinski definition) is 6. The number of nitro benzene ring substituents is 1. The van der Waals surface area contributed by atoms with Gasteiger partial charge in [-0.25, -0.2) is 4.79 Å². The summed E-state index contributed by atoms with van der Waals surface area (Å²) in [5.41, 5.74) is -0.916. The van der Waals surface area contributed by atoms with Crippen LogP contribution in [0.3, 0.4) is 0 Å². The lowest BCUT2D eigenvalue weighted by Crippen LogP contribution is -2.16. The topological polar surface area (TPSA) is 137 Å². The minimum absolute atomic E-state index is 0.0372. The second-order valence-electron chi connectivity index (χ2n) is 5.85. The number of aromatic nitrogens is 2. The van der Waals surface area contributed by atoms with E-state index >= 15 is 0 Å². The third-order valence-corrected chi connectivity index (χ3v) is 3.94. The van der Waals surface area contributed by atoms with Crippen LogP contribution in [0, 0.1) is 10.1 Å². The minimum atomic E-state index is -1.32. The molecule has 1 amide bonds. The fraction of sp³-hybridized carbons (Fsp3) is 0.0556. The summed E-state index contributed by atoms with van der Waals surface area (Å²) in [5, 5.41) is 27.2. The van der Waals surface area contributed by atoms with Crippen LogP contribution in [-0.4, -0.2) is 31.7 Å². The first-order chi connectivity index (χ1) is 13.7. The van der Waals surface area contributed by atoms with Crippen LogP contribution < -0.4 is 10.1 Å². The van der Waals surface area contributed by atoms with Gasteiger partial charge < -0.3 is 15.2 Å². The van der Waals surface area contributed by atoms with Crippen LogP contribution in [-0.2, 0) is 7.05 Å². The number of nitrogens with one attached hydrogen (secondary N) is 1. The van der Waals surface area contributed by atoms with Crippen LogP contribution in [0.15, 0.2) is 48.7 Å². The summed E-state index contributed by atoms with van der Waals surface area (Å²) in [5.74, 6) is -1.68. The van der Waals surface area contributed by atoms with Crippen molar-refractivity contribution in [3.05, 3.63) is 75.1 Å². The molecule has 0 bridgehead atoms. The monoisotopic (exact) mass is 416 g/mol. The van der Waals surface area contributed by atoms with Crippen molar-refractivity contribution in [2.45, 2.75) is 0 Å². The average Bonchev–Trinajstić information content (AvgIpc) is 3.06. The first-order valence-corrected chi connectivity index (χ1v) is 8.42. The molecule has 0 atom stereocenters. The molecule has 0 aliphatic rings. The molecule has 0 saturated carbocycles. The highest BCUT2D eigenvalue weighted by Crippen LogP contribution is 2.30. The van der Waals surface area contributed by atoms with Crippen molar-refractivity contribution in [2.24, 2.45) is 7.05 Å². The number of aromatic carboxylic acids is 1. The normalized spacial score (nSPS) is 10.4. The van der Waals surface area contributed by atoms with Crippen LogP contribution in [0.5, 0.6) is 11.5 Å². The predicted molar refractivity (Wildman–Crippen MR) is 103 cm³/mol. The lowest BCUT2D eigenvalue weighted by atomic mass is 10.2. The zero-order valence-electron chi connectivity index (χ0n) is 14.8. The Morgan fingerprint density at radius 2 is 1.90 bits per heavy atom. The van der Waals surface area contributed by atoms with Gasteiger partial charge >= 0.3 is 5.97 Å². The van der Waals surface area contributed by atoms with Gasteiger partial charge in [0.25, 0.3) is 11.6 Å². The molecule has 0 unspecified atom stereocenters. The summed E-state index contributed by atoms with van der Waals surface area (Å²) in [4.78, 5) is 34.3. The van der Waals surface area contributed by atoms with Gasteiger partial charge in [-0.1, -0.05) is 11.6 Å². The molecule has 2 N–H and O–H groups in total. The number of anilines is 1. The Hall–Kier alpha value is -3.92. The molecule has 0 radical (unpaired) electrons. The van der Waals surface area contributed by atoms with E-state index in [1.54, 1.807) is 24.3 Å². The molecule has 1 aromatic heterocycles. The van der Waals surface area contributed by atoms with E-state index in [9.17, 15) is 24.8 Å². The Kier molecular flexibility index (Phi) is 5.46. The third kappa shape index (κ3) is 4.68. The van der Waals surface area contributed by atoms with Gasteiger partial charge in [0.2, 0.25) is 0 Å². The maximum absolute atomic E-state index is 12.5. The smallest absolute Gasteiger partial charge is 0.339 e. The van der Waals surface area contributed by atoms with E-state index < -0.39 is 16.8 Å². The summed E-state index contributed by atoms with van der Waals surface area (Å²) in [6, 6.07) is 10.0. The Balaban J connectivity index is 1.91. The number of nitro groups is 1. The maximum atomic E-state index is 12.5. The lowest BCUT2D eigenvalue weighted by Gasteiger charge is -2.09. The number of hydrogen-bond donors (Lipinski definition) is 2. The Labute approximate surface area is 168 Å². The Morgan fingerprint density at radius 3 is 2.52 bits per heavy atom. The van der Waals surface area contributed by atoms with E-state index in [0.29, 0.717) is 10.8 Å². The molecular formula is C18H13ClN4O6. The van der Waals surface area contributed by atoms with Crippen LogP contribution in [0.2, 0.25) is 5.02 Å². The number of benzene rings is 2. The van der Waals surface area contributed by atoms with Gasteiger partial charge in [0, 0.05) is 30.4 Å². The fourth-order valence-electron chi connectivity index (χ4n) is 2.46. The summed E-state index contributed by atoms with van der Waals surface area (Å²) in [6.07, 6.45) is 1.18. The molecule has 148 valence electrons. The van der Waals surface area contributed by atoms with Crippen molar-refractivity contribution in [1.29, 1.82) is 0 Å². The van der Waals surface area contributed by atoms with Gasteiger partial charge in [-0.05, 0) is 24.3 Å². The number of amides is 1. The van der Waals surface area contributed by atoms with Crippen LogP contribution in [0.4, 0.5) is 11.4 Å². The summed E-state index contributed by atoms with van der Waals surface area (Å²) in [7, 11) is 1.47. The molecule has 3 aromatic rings. The molecule has 10 nitrogen and oxygen atoms in total. The molecule has 0 spiro atoms. The first kappa shape index (κ1) is 19.8. The molecule has 29 heavy (non-hydrogen) atoms. The molecular weight excluding hydrogens is 404 g/mol. The number of halogens is 1. The van der Waals surface area contributed by atoms with Crippen molar-refractivity contribution in [1.82, 2.24) is 9.78 Å². The van der Waals surface area contributed by atoms with Gasteiger partial charge in [-0.15, -0.1) is 0 Å². The van der Waals surface area contributed by atoms with Crippen LogP contribution in [0.25, 0.3) is 0 Å². The van der Waals surface area contributed by atoms with Gasteiger partial charge in [0.15, 0.2) is 5.69 Å². The van der Waals surface area contributed by atoms with Crippen molar-refractivity contribution in [3.8, 4) is 11.5 Å². The standard InChI is InChI=1S/C18H13ClN4O6/c1-22-9-15(18(25)26)16(21-22)17(24)20-11-6-12(23(27)28)8-14(7-11)29-13-4-2-10(19)3-5-13/h2-9H,1H3,(H,20,24)(H,25,26). The molecule has 0 fully saturated rings. The number of nitrogens with zero attached hydrogens (tertiary/aromatic N) is 3. The number of carbonyl (C=O) groups excluding carboxylic acids is 1. The van der Waals surface area contributed by atoms with Gasteiger partial charge in [0.1, 0.15) is 17.1 Å². The van der Waals surface area contributed by atoms with E-state index in [1.807, 2.05) is 0 Å². The summed E-state index contributed by atoms with van der Waals surface area (Å²) < 4.78 is 6.77. The lowest BCUT2D eigenvalue weighted by molar-refractivity contribution is -0.384. The summed E-state index contributed by atoms with van der Waals surface area (Å²) >= 11 is 5.82. The maximum Gasteiger partial charge on any atom is 0.339 e. The molecule has 11 heteroatoms. The fourth-order valence-corrected chi connectivity index (χ4v) is 2.59. The van der Waals surface area contributed by atoms with E-state index in [-0.39, 0.29) is 28.4 Å². The van der Waals surface area contributed by atoms with Crippen molar-refractivity contribution in [3.63, 3.8) is 0 Å². The van der Waals surface area contributed by atoms with Crippen molar-refractivity contribution in [2.75, 3.05) is 5.32 Å². The number of carbonyl (C=O) groups is 2. The Morgan fingerprint density at radius 1 is 1.21 bits per heavy atom. The van der Waals surface area contributed by atoms with Crippen LogP contribution >= 0.6 is 11.6 Å². The highest BCUT2D eigenvalue weighted by atomic mass is 35.5. The highest BCUT2D eigenvalue weighted by molar-refractivity contribution is 6.30. The van der Waals surface area contributed by atoms with Crippen LogP contribution in [0.1, 0.15) is 20.8 Å². The number of carboxylic acid groups (broad SMARTS) is 1. The highest BCUT2D eigenvalue weighted by Gasteiger charge is 2.22. The molecule has 0 saturated heterocycles. The second kappa shape index (κ2) is 7.98. The van der Waals surface area contributed by atoms with E-state index in [2.05, 4.69) is 10.4 Å².